The molecule has 0 unspecified atom stereocenters. The molecule has 0 bridgehead atoms. The van der Waals surface area contributed by atoms with Crippen LogP contribution in [-0.2, 0) is 0 Å². The molecule has 1 aromatic rings. The summed E-state index contributed by atoms with van der Waals surface area (Å²) >= 11 is 2.30. The molecule has 0 aliphatic rings. The van der Waals surface area contributed by atoms with Crippen LogP contribution in [0.4, 0.5) is 0 Å². The minimum Gasteiger partial charge on any atom is -0.279 e. The van der Waals surface area contributed by atoms with Gasteiger partial charge in [-0.2, -0.15) is 0 Å². The Balaban J connectivity index is 2.53. The maximum absolute atomic E-state index is 11.4. The van der Waals surface area contributed by atoms with Crippen LogP contribution < -0.4 is 0 Å². The molecule has 0 aliphatic carbocycles. The average Bonchev–Trinajstić information content (AvgIpc) is 2.25. The number of carbonyl (C=O) groups excluding carboxylic acids is 1. The Hall–Kier alpha value is -0.820. The molecule has 1 nitrogen and oxygen atoms in total. The lowest BCUT2D eigenvalue weighted by atomic mass is 10.1. The van der Waals surface area contributed by atoms with E-state index in [0.29, 0.717) is 5.56 Å². The van der Waals surface area contributed by atoms with E-state index in [4.69, 9.17) is 0 Å². The number of carbonyl (C=O) groups is 1. The van der Waals surface area contributed by atoms with Crippen LogP contribution in [0.25, 0.3) is 0 Å². The summed E-state index contributed by atoms with van der Waals surface area (Å²) in [4.78, 5) is 11.4. The Morgan fingerprint density at radius 2 is 2.00 bits per heavy atom. The molecular formula is C12H11IO. The fourth-order valence-corrected chi connectivity index (χ4v) is 1.34. The third-order valence-electron chi connectivity index (χ3n) is 1.67. The van der Waals surface area contributed by atoms with Crippen LogP contribution in [0.1, 0.15) is 23.2 Å². The average molecular weight is 298 g/mol. The number of hydrogen-bond acceptors (Lipinski definition) is 1. The summed E-state index contributed by atoms with van der Waals surface area (Å²) in [5.41, 5.74) is 0.675. The zero-order valence-electron chi connectivity index (χ0n) is 7.79. The van der Waals surface area contributed by atoms with Gasteiger partial charge in [0.15, 0.2) is 0 Å². The van der Waals surface area contributed by atoms with E-state index < -0.39 is 0 Å². The van der Waals surface area contributed by atoms with Crippen LogP contribution in [0.5, 0.6) is 0 Å². The maximum atomic E-state index is 11.4. The van der Waals surface area contributed by atoms with Crippen molar-refractivity contribution in [3.05, 3.63) is 35.9 Å². The molecule has 0 N–H and O–H groups in total. The molecule has 1 aromatic carbocycles. The molecular weight excluding hydrogens is 287 g/mol. The second-order valence-electron chi connectivity index (χ2n) is 2.79. The Morgan fingerprint density at radius 1 is 1.29 bits per heavy atom. The number of unbranched alkanes of at least 4 members (excludes halogenated alkanes) is 1. The second-order valence-corrected chi connectivity index (χ2v) is 3.87. The number of ketones is 1. The first-order chi connectivity index (χ1) is 6.84. The Kier molecular flexibility index (Phi) is 5.31. The summed E-state index contributed by atoms with van der Waals surface area (Å²) in [5.74, 6) is 5.44. The van der Waals surface area contributed by atoms with E-state index >= 15 is 0 Å². The highest BCUT2D eigenvalue weighted by Crippen LogP contribution is 1.99. The molecule has 0 aromatic heterocycles. The summed E-state index contributed by atoms with van der Waals surface area (Å²) in [5, 5.41) is 0. The molecule has 0 atom stereocenters. The highest BCUT2D eigenvalue weighted by molar-refractivity contribution is 14.1. The minimum atomic E-state index is -0.0842. The highest BCUT2D eigenvalue weighted by Gasteiger charge is 1.98. The number of halogens is 1. The van der Waals surface area contributed by atoms with Gasteiger partial charge in [0, 0.05) is 16.4 Å². The molecule has 0 fully saturated rings. The largest absolute Gasteiger partial charge is 0.279 e. The van der Waals surface area contributed by atoms with Crippen molar-refractivity contribution >= 4 is 28.4 Å². The van der Waals surface area contributed by atoms with Gasteiger partial charge in [-0.15, -0.1) is 0 Å². The van der Waals surface area contributed by atoms with Gasteiger partial charge in [0.1, 0.15) is 0 Å². The molecule has 0 heterocycles. The van der Waals surface area contributed by atoms with Crippen molar-refractivity contribution in [2.75, 3.05) is 4.43 Å². The first-order valence-electron chi connectivity index (χ1n) is 4.49. The third kappa shape index (κ3) is 3.93. The summed E-state index contributed by atoms with van der Waals surface area (Å²) in [6, 6.07) is 9.16. The van der Waals surface area contributed by atoms with Crippen LogP contribution in [0.3, 0.4) is 0 Å². The van der Waals surface area contributed by atoms with E-state index in [-0.39, 0.29) is 5.78 Å². The zero-order chi connectivity index (χ0) is 10.2. The lowest BCUT2D eigenvalue weighted by Gasteiger charge is -1.90. The van der Waals surface area contributed by atoms with Gasteiger partial charge in [-0.05, 0) is 12.3 Å². The first kappa shape index (κ1) is 11.3. The third-order valence-corrected chi connectivity index (χ3v) is 2.44. The summed E-state index contributed by atoms with van der Waals surface area (Å²) in [7, 11) is 0. The molecule has 0 aliphatic heterocycles. The Bertz CT molecular complexity index is 346. The van der Waals surface area contributed by atoms with Gasteiger partial charge >= 0.3 is 0 Å². The van der Waals surface area contributed by atoms with Crippen LogP contribution in [0.2, 0.25) is 0 Å². The predicted octanol–water partition coefficient (Wildman–Crippen LogP) is 3.09. The van der Waals surface area contributed by atoms with Crippen molar-refractivity contribution in [2.45, 2.75) is 12.8 Å². The van der Waals surface area contributed by atoms with Gasteiger partial charge in [-0.1, -0.05) is 58.8 Å². The standard InChI is InChI=1S/C12H11IO/c13-10-6-2-5-9-12(14)11-7-3-1-4-8-11/h1,3-4,7-8H,2,6,10H2. The second kappa shape index (κ2) is 6.61. The van der Waals surface area contributed by atoms with E-state index in [0.717, 1.165) is 17.3 Å². The van der Waals surface area contributed by atoms with Crippen molar-refractivity contribution in [3.8, 4) is 11.8 Å². The van der Waals surface area contributed by atoms with Gasteiger partial charge in [0.05, 0.1) is 0 Å². The molecule has 0 radical (unpaired) electrons. The van der Waals surface area contributed by atoms with Gasteiger partial charge in [0.2, 0.25) is 5.78 Å². The van der Waals surface area contributed by atoms with Crippen LogP contribution in [-0.4, -0.2) is 10.2 Å². The van der Waals surface area contributed by atoms with Gasteiger partial charge < -0.3 is 0 Å². The fourth-order valence-electron chi connectivity index (χ4n) is 0.960. The maximum Gasteiger partial charge on any atom is 0.235 e. The molecule has 2 heteroatoms. The summed E-state index contributed by atoms with van der Waals surface area (Å²) in [6.07, 6.45) is 1.86. The van der Waals surface area contributed by atoms with E-state index in [1.54, 1.807) is 12.1 Å². The first-order valence-corrected chi connectivity index (χ1v) is 6.01. The number of rotatable bonds is 3. The topological polar surface area (TPSA) is 17.1 Å². The number of alkyl halides is 1. The number of hydrogen-bond donors (Lipinski definition) is 0. The normalized spacial score (nSPS) is 8.93. The van der Waals surface area contributed by atoms with Gasteiger partial charge in [-0.25, -0.2) is 0 Å². The smallest absolute Gasteiger partial charge is 0.235 e. The van der Waals surface area contributed by atoms with E-state index in [1.807, 2.05) is 18.2 Å². The van der Waals surface area contributed by atoms with Crippen LogP contribution in [0.15, 0.2) is 30.3 Å². The lowest BCUT2D eigenvalue weighted by molar-refractivity contribution is 0.105. The van der Waals surface area contributed by atoms with E-state index in [2.05, 4.69) is 34.4 Å². The van der Waals surface area contributed by atoms with E-state index in [1.165, 1.54) is 0 Å². The molecule has 0 saturated carbocycles. The monoisotopic (exact) mass is 298 g/mol. The minimum absolute atomic E-state index is 0.0842. The molecule has 72 valence electrons. The number of benzene rings is 1. The quantitative estimate of drug-likeness (QED) is 0.209. The zero-order valence-corrected chi connectivity index (χ0v) is 9.95. The SMILES string of the molecule is O=C(C#CCCCI)c1ccccc1. The van der Waals surface area contributed by atoms with Crippen molar-refractivity contribution in [1.29, 1.82) is 0 Å². The van der Waals surface area contributed by atoms with Crippen LogP contribution in [0, 0.1) is 11.8 Å². The van der Waals surface area contributed by atoms with Crippen molar-refractivity contribution in [3.63, 3.8) is 0 Å². The lowest BCUT2D eigenvalue weighted by Crippen LogP contribution is -1.93. The summed E-state index contributed by atoms with van der Waals surface area (Å²) in [6.45, 7) is 0. The Morgan fingerprint density at radius 3 is 2.64 bits per heavy atom. The van der Waals surface area contributed by atoms with Gasteiger partial charge in [0.25, 0.3) is 0 Å². The fraction of sp³-hybridized carbons (Fsp3) is 0.250. The molecule has 0 spiro atoms. The number of Topliss-reactive ketones (excluding diaryl/α,β-unsaturated/α-hetero) is 1. The predicted molar refractivity (Wildman–Crippen MR) is 66.7 cm³/mol. The Labute approximate surface area is 98.0 Å². The highest BCUT2D eigenvalue weighted by atomic mass is 127. The van der Waals surface area contributed by atoms with Crippen molar-refractivity contribution in [1.82, 2.24) is 0 Å². The molecule has 1 rings (SSSR count). The molecule has 0 amide bonds. The molecule has 0 saturated heterocycles. The van der Waals surface area contributed by atoms with Crippen molar-refractivity contribution in [2.24, 2.45) is 0 Å². The van der Waals surface area contributed by atoms with Crippen LogP contribution >= 0.6 is 22.6 Å². The molecule has 14 heavy (non-hydrogen) atoms. The van der Waals surface area contributed by atoms with Crippen molar-refractivity contribution < 1.29 is 4.79 Å². The van der Waals surface area contributed by atoms with Gasteiger partial charge in [-0.3, -0.25) is 4.79 Å². The van der Waals surface area contributed by atoms with E-state index in [9.17, 15) is 4.79 Å². The summed E-state index contributed by atoms with van der Waals surface area (Å²) < 4.78 is 1.09.